The molecule has 1 unspecified atom stereocenters. The third kappa shape index (κ3) is 5.61. The van der Waals surface area contributed by atoms with E-state index in [0.29, 0.717) is 6.04 Å². The van der Waals surface area contributed by atoms with Crippen LogP contribution in [-0.2, 0) is 0 Å². The molecule has 0 rings (SSSR count). The van der Waals surface area contributed by atoms with Crippen molar-refractivity contribution >= 4 is 0 Å². The van der Waals surface area contributed by atoms with Gasteiger partial charge in [-0.15, -0.1) is 0 Å². The first-order chi connectivity index (χ1) is 6.79. The Labute approximate surface area is 89.9 Å². The normalized spacial score (nSPS) is 13.5. The highest BCUT2D eigenvalue weighted by atomic mass is 15.1. The summed E-state index contributed by atoms with van der Waals surface area (Å²) in [5.41, 5.74) is 5.80. The molecular weight excluding hydrogens is 172 g/mol. The van der Waals surface area contributed by atoms with Crippen LogP contribution in [-0.4, -0.2) is 30.6 Å². The van der Waals surface area contributed by atoms with Crippen molar-refractivity contribution in [2.75, 3.05) is 19.6 Å². The van der Waals surface area contributed by atoms with Gasteiger partial charge in [-0.2, -0.15) is 0 Å². The maximum Gasteiger partial charge on any atom is 0.0218 e. The van der Waals surface area contributed by atoms with Crippen molar-refractivity contribution in [3.05, 3.63) is 0 Å². The Hall–Kier alpha value is -0.0800. The summed E-state index contributed by atoms with van der Waals surface area (Å²) in [7, 11) is 0. The second-order valence-electron chi connectivity index (χ2n) is 3.96. The molecule has 0 radical (unpaired) electrons. The molecule has 2 N–H and O–H groups in total. The molecule has 14 heavy (non-hydrogen) atoms. The molecule has 1 atom stereocenters. The van der Waals surface area contributed by atoms with Crippen molar-refractivity contribution in [1.82, 2.24) is 4.90 Å². The van der Waals surface area contributed by atoms with Gasteiger partial charge in [0.1, 0.15) is 0 Å². The molecule has 86 valence electrons. The van der Waals surface area contributed by atoms with Gasteiger partial charge in [-0.25, -0.2) is 0 Å². The van der Waals surface area contributed by atoms with Crippen LogP contribution < -0.4 is 5.73 Å². The minimum absolute atomic E-state index is 0.613. The van der Waals surface area contributed by atoms with E-state index in [4.69, 9.17) is 5.73 Å². The third-order valence-corrected chi connectivity index (χ3v) is 2.99. The van der Waals surface area contributed by atoms with E-state index in [9.17, 15) is 0 Å². The second kappa shape index (κ2) is 9.47. The summed E-state index contributed by atoms with van der Waals surface area (Å²) in [4.78, 5) is 2.48. The molecule has 0 spiro atoms. The summed E-state index contributed by atoms with van der Waals surface area (Å²) in [6.45, 7) is 9.77. The molecular formula is C12H28N2. The molecule has 0 heterocycles. The molecule has 0 aliphatic carbocycles. The number of unbranched alkanes of at least 4 members (excludes halogenated alkanes) is 3. The smallest absolute Gasteiger partial charge is 0.0218 e. The fraction of sp³-hybridized carbons (Fsp3) is 1.00. The van der Waals surface area contributed by atoms with Crippen LogP contribution >= 0.6 is 0 Å². The van der Waals surface area contributed by atoms with Crippen molar-refractivity contribution in [1.29, 1.82) is 0 Å². The molecule has 0 aromatic rings. The lowest BCUT2D eigenvalue weighted by Crippen LogP contribution is -2.40. The molecule has 0 fully saturated rings. The highest BCUT2D eigenvalue weighted by Crippen LogP contribution is 2.09. The lowest BCUT2D eigenvalue weighted by Gasteiger charge is -2.28. The number of rotatable bonds is 9. The molecule has 2 nitrogen and oxygen atoms in total. The Morgan fingerprint density at radius 3 is 2.07 bits per heavy atom. The van der Waals surface area contributed by atoms with Gasteiger partial charge >= 0.3 is 0 Å². The molecule has 0 bridgehead atoms. The highest BCUT2D eigenvalue weighted by molar-refractivity contribution is 4.70. The number of nitrogens with two attached hydrogens (primary N) is 1. The minimum atomic E-state index is 0.613. The van der Waals surface area contributed by atoms with Crippen LogP contribution in [0.15, 0.2) is 0 Å². The average molecular weight is 200 g/mol. The largest absolute Gasteiger partial charge is 0.329 e. The van der Waals surface area contributed by atoms with E-state index in [1.54, 1.807) is 0 Å². The zero-order valence-corrected chi connectivity index (χ0v) is 10.3. The molecule has 2 heteroatoms. The zero-order chi connectivity index (χ0) is 10.8. The van der Waals surface area contributed by atoms with Gasteiger partial charge in [0.2, 0.25) is 0 Å². The molecule has 0 aromatic carbocycles. The first kappa shape index (κ1) is 13.9. The maximum atomic E-state index is 5.80. The predicted octanol–water partition coefficient (Wildman–Crippen LogP) is 2.63. The quantitative estimate of drug-likeness (QED) is 0.580. The lowest BCUT2D eigenvalue weighted by atomic mass is 10.1. The summed E-state index contributed by atoms with van der Waals surface area (Å²) in [6.07, 6.45) is 6.67. The molecule has 0 aliphatic heterocycles. The van der Waals surface area contributed by atoms with Crippen LogP contribution in [0.25, 0.3) is 0 Å². The van der Waals surface area contributed by atoms with E-state index in [1.165, 1.54) is 32.1 Å². The van der Waals surface area contributed by atoms with Gasteiger partial charge in [0, 0.05) is 12.6 Å². The number of likely N-dealkylation sites (N-methyl/N-ethyl adjacent to an activating group) is 1. The van der Waals surface area contributed by atoms with Gasteiger partial charge in [-0.3, -0.25) is 4.90 Å². The molecule has 0 saturated carbocycles. The fourth-order valence-corrected chi connectivity index (χ4v) is 2.00. The summed E-state index contributed by atoms with van der Waals surface area (Å²) in [6, 6.07) is 0.613. The van der Waals surface area contributed by atoms with Crippen molar-refractivity contribution in [2.45, 2.75) is 58.9 Å². The van der Waals surface area contributed by atoms with Crippen LogP contribution in [0.2, 0.25) is 0 Å². The van der Waals surface area contributed by atoms with E-state index >= 15 is 0 Å². The topological polar surface area (TPSA) is 29.3 Å². The van der Waals surface area contributed by atoms with Crippen molar-refractivity contribution < 1.29 is 0 Å². The van der Waals surface area contributed by atoms with E-state index in [1.807, 2.05) is 0 Å². The first-order valence-corrected chi connectivity index (χ1v) is 6.24. The number of hydrogen-bond donors (Lipinski definition) is 1. The lowest BCUT2D eigenvalue weighted by molar-refractivity contribution is 0.207. The Morgan fingerprint density at radius 2 is 1.64 bits per heavy atom. The molecule has 0 aliphatic rings. The van der Waals surface area contributed by atoms with Gasteiger partial charge in [0.25, 0.3) is 0 Å². The monoisotopic (exact) mass is 200 g/mol. The fourth-order valence-electron chi connectivity index (χ4n) is 2.00. The highest BCUT2D eigenvalue weighted by Gasteiger charge is 2.12. The van der Waals surface area contributed by atoms with Gasteiger partial charge in [0.15, 0.2) is 0 Å². The Morgan fingerprint density at radius 1 is 1.00 bits per heavy atom. The molecule has 0 amide bonds. The second-order valence-corrected chi connectivity index (χ2v) is 3.96. The van der Waals surface area contributed by atoms with Crippen LogP contribution in [0, 0.1) is 0 Å². The summed E-state index contributed by atoms with van der Waals surface area (Å²) in [5, 5.41) is 0. The first-order valence-electron chi connectivity index (χ1n) is 6.24. The van der Waals surface area contributed by atoms with Crippen molar-refractivity contribution in [2.24, 2.45) is 5.73 Å². The summed E-state index contributed by atoms with van der Waals surface area (Å²) < 4.78 is 0. The molecule has 0 saturated heterocycles. The van der Waals surface area contributed by atoms with Crippen LogP contribution in [0.4, 0.5) is 0 Å². The van der Waals surface area contributed by atoms with Gasteiger partial charge in [-0.1, -0.05) is 46.5 Å². The van der Waals surface area contributed by atoms with Crippen LogP contribution in [0.3, 0.4) is 0 Å². The molecule has 0 aromatic heterocycles. The average Bonchev–Trinajstić information content (AvgIpc) is 2.23. The maximum absolute atomic E-state index is 5.80. The van der Waals surface area contributed by atoms with Crippen molar-refractivity contribution in [3.8, 4) is 0 Å². The minimum Gasteiger partial charge on any atom is -0.329 e. The van der Waals surface area contributed by atoms with Crippen LogP contribution in [0.5, 0.6) is 0 Å². The van der Waals surface area contributed by atoms with E-state index < -0.39 is 0 Å². The Bertz CT molecular complexity index is 111. The van der Waals surface area contributed by atoms with E-state index in [-0.39, 0.29) is 0 Å². The summed E-state index contributed by atoms with van der Waals surface area (Å²) >= 11 is 0. The van der Waals surface area contributed by atoms with Gasteiger partial charge < -0.3 is 5.73 Å². The van der Waals surface area contributed by atoms with Crippen LogP contribution in [0.1, 0.15) is 52.9 Å². The van der Waals surface area contributed by atoms with Gasteiger partial charge in [-0.05, 0) is 19.5 Å². The Balaban J connectivity index is 3.65. The van der Waals surface area contributed by atoms with Crippen molar-refractivity contribution in [3.63, 3.8) is 0 Å². The summed E-state index contributed by atoms with van der Waals surface area (Å²) in [5.74, 6) is 0. The van der Waals surface area contributed by atoms with E-state index in [2.05, 4.69) is 25.7 Å². The predicted molar refractivity (Wildman–Crippen MR) is 64.5 cm³/mol. The number of nitrogens with zero attached hydrogens (tertiary/aromatic N) is 1. The standard InChI is InChI=1S/C12H28N2/c1-4-7-8-9-10-12(11-13)14(5-2)6-3/h12H,4-11,13H2,1-3H3. The third-order valence-electron chi connectivity index (χ3n) is 2.99. The van der Waals surface area contributed by atoms with E-state index in [0.717, 1.165) is 19.6 Å². The zero-order valence-electron chi connectivity index (χ0n) is 10.3. The Kier molecular flexibility index (Phi) is 9.42. The number of hydrogen-bond acceptors (Lipinski definition) is 2. The SMILES string of the molecule is CCCCCCC(CN)N(CC)CC. The van der Waals surface area contributed by atoms with Gasteiger partial charge in [0.05, 0.1) is 0 Å².